The Morgan fingerprint density at radius 2 is 1.89 bits per heavy atom. The van der Waals surface area contributed by atoms with E-state index in [2.05, 4.69) is 10.3 Å². The molecule has 2 aromatic carbocycles. The van der Waals surface area contributed by atoms with Gasteiger partial charge in [-0.2, -0.15) is 0 Å². The molecule has 1 N–H and O–H groups in total. The van der Waals surface area contributed by atoms with Gasteiger partial charge in [0.15, 0.2) is 11.7 Å². The van der Waals surface area contributed by atoms with E-state index < -0.39 is 11.6 Å². The number of hydrogen-bond donors (Lipinski definition) is 1. The average molecular weight is 482 g/mol. The van der Waals surface area contributed by atoms with Crippen LogP contribution >= 0.6 is 0 Å². The van der Waals surface area contributed by atoms with E-state index in [-0.39, 0.29) is 47.9 Å². The molecule has 1 aliphatic heterocycles. The van der Waals surface area contributed by atoms with Gasteiger partial charge in [0.05, 0.1) is 17.7 Å². The minimum Gasteiger partial charge on any atom is -0.441 e. The van der Waals surface area contributed by atoms with Crippen LogP contribution in [0.5, 0.6) is 0 Å². The predicted molar refractivity (Wildman–Crippen MR) is 127 cm³/mol. The van der Waals surface area contributed by atoms with Crippen LogP contribution in [0.25, 0.3) is 11.3 Å². The van der Waals surface area contributed by atoms with E-state index in [4.69, 9.17) is 4.42 Å². The highest BCUT2D eigenvalue weighted by Gasteiger charge is 2.28. The third-order valence-corrected chi connectivity index (χ3v) is 6.40. The van der Waals surface area contributed by atoms with Crippen LogP contribution in [0.2, 0.25) is 0 Å². The number of carbonyl (C=O) groups excluding carboxylic acids is 2. The summed E-state index contributed by atoms with van der Waals surface area (Å²) < 4.78 is 32.6. The number of oxazole rings is 1. The van der Waals surface area contributed by atoms with E-state index in [1.165, 1.54) is 12.3 Å². The lowest BCUT2D eigenvalue weighted by molar-refractivity contribution is -0.134. The Kier molecular flexibility index (Phi) is 7.90. The molecule has 0 saturated carbocycles. The van der Waals surface area contributed by atoms with Crippen molar-refractivity contribution in [1.82, 2.24) is 15.2 Å². The van der Waals surface area contributed by atoms with Gasteiger partial charge in [-0.1, -0.05) is 37.3 Å². The summed E-state index contributed by atoms with van der Waals surface area (Å²) in [6.07, 6.45) is 3.97. The van der Waals surface area contributed by atoms with E-state index in [1.54, 1.807) is 0 Å². The third-order valence-electron chi connectivity index (χ3n) is 6.40. The van der Waals surface area contributed by atoms with E-state index in [0.717, 1.165) is 24.1 Å². The zero-order chi connectivity index (χ0) is 24.8. The molecule has 2 amide bonds. The maximum atomic E-state index is 13.9. The summed E-state index contributed by atoms with van der Waals surface area (Å²) in [5.41, 5.74) is 1.15. The molecule has 0 spiro atoms. The highest BCUT2D eigenvalue weighted by molar-refractivity contribution is 5.84. The topological polar surface area (TPSA) is 75.4 Å². The second-order valence-corrected chi connectivity index (χ2v) is 8.78. The zero-order valence-corrected chi connectivity index (χ0v) is 19.7. The Bertz CT molecular complexity index is 1160. The molecule has 0 bridgehead atoms. The molecule has 184 valence electrons. The summed E-state index contributed by atoms with van der Waals surface area (Å²) in [5.74, 6) is -1.03. The number of piperidine rings is 1. The van der Waals surface area contributed by atoms with E-state index in [1.807, 2.05) is 42.2 Å². The van der Waals surface area contributed by atoms with Gasteiger partial charge < -0.3 is 14.6 Å². The van der Waals surface area contributed by atoms with Crippen molar-refractivity contribution in [2.45, 2.75) is 51.0 Å². The predicted octanol–water partition coefficient (Wildman–Crippen LogP) is 4.85. The van der Waals surface area contributed by atoms with Crippen molar-refractivity contribution in [1.29, 1.82) is 0 Å². The Balaban J connectivity index is 1.23. The number of nitrogens with zero attached hydrogens (tertiary/aromatic N) is 2. The van der Waals surface area contributed by atoms with Crippen LogP contribution in [0.1, 0.15) is 50.0 Å². The molecule has 1 aliphatic rings. The molecule has 1 saturated heterocycles. The fourth-order valence-corrected chi connectivity index (χ4v) is 4.46. The van der Waals surface area contributed by atoms with Crippen LogP contribution in [-0.4, -0.2) is 40.8 Å². The fourth-order valence-electron chi connectivity index (χ4n) is 4.46. The Labute approximate surface area is 203 Å². The number of likely N-dealkylation sites (tertiary alicyclic amines) is 1. The minimum atomic E-state index is -0.732. The number of nitrogens with one attached hydrogen (secondary N) is 1. The van der Waals surface area contributed by atoms with Gasteiger partial charge in [-0.15, -0.1) is 0 Å². The van der Waals surface area contributed by atoms with E-state index in [0.29, 0.717) is 31.8 Å². The molecule has 8 heteroatoms. The van der Waals surface area contributed by atoms with Crippen molar-refractivity contribution >= 4 is 11.8 Å². The molecule has 2 heterocycles. The van der Waals surface area contributed by atoms with E-state index >= 15 is 0 Å². The van der Waals surface area contributed by atoms with Crippen molar-refractivity contribution < 1.29 is 22.8 Å². The van der Waals surface area contributed by atoms with Crippen molar-refractivity contribution in [2.75, 3.05) is 13.1 Å². The summed E-state index contributed by atoms with van der Waals surface area (Å²) in [6, 6.07) is 13.1. The summed E-state index contributed by atoms with van der Waals surface area (Å²) >= 11 is 0. The summed E-state index contributed by atoms with van der Waals surface area (Å²) in [5, 5.41) is 3.03. The molecule has 1 aromatic heterocycles. The van der Waals surface area contributed by atoms with Crippen LogP contribution in [0, 0.1) is 11.6 Å². The van der Waals surface area contributed by atoms with Crippen LogP contribution in [0.4, 0.5) is 8.78 Å². The number of hydrogen-bond acceptors (Lipinski definition) is 4. The SMILES string of the molecule is CCC(C(=O)N1CCC(NC(=O)CCc2ncc(-c3ccc(F)cc3F)o2)CC1)c1ccccc1. The average Bonchev–Trinajstić information content (AvgIpc) is 3.33. The Hall–Kier alpha value is -3.55. The van der Waals surface area contributed by atoms with Gasteiger partial charge >= 0.3 is 0 Å². The molecule has 6 nitrogen and oxygen atoms in total. The molecule has 3 aromatic rings. The maximum Gasteiger partial charge on any atom is 0.230 e. The molecular formula is C27H29F2N3O3. The van der Waals surface area contributed by atoms with Crippen LogP contribution < -0.4 is 5.32 Å². The normalized spacial score (nSPS) is 15.1. The van der Waals surface area contributed by atoms with Gasteiger partial charge in [-0.05, 0) is 37.0 Å². The number of carbonyl (C=O) groups is 2. The fraction of sp³-hybridized carbons (Fsp3) is 0.370. The lowest BCUT2D eigenvalue weighted by Gasteiger charge is -2.34. The van der Waals surface area contributed by atoms with Gasteiger partial charge in [-0.25, -0.2) is 13.8 Å². The first-order valence-electron chi connectivity index (χ1n) is 12.0. The van der Waals surface area contributed by atoms with Gasteiger partial charge in [0.25, 0.3) is 0 Å². The molecule has 4 rings (SSSR count). The van der Waals surface area contributed by atoms with Crippen molar-refractivity contribution in [3.8, 4) is 11.3 Å². The number of aromatic nitrogens is 1. The largest absolute Gasteiger partial charge is 0.441 e. The lowest BCUT2D eigenvalue weighted by atomic mass is 9.93. The monoisotopic (exact) mass is 481 g/mol. The second-order valence-electron chi connectivity index (χ2n) is 8.78. The first-order chi connectivity index (χ1) is 16.9. The van der Waals surface area contributed by atoms with Gasteiger partial charge in [-0.3, -0.25) is 9.59 Å². The maximum absolute atomic E-state index is 13.9. The number of halogens is 2. The molecule has 1 atom stereocenters. The zero-order valence-electron chi connectivity index (χ0n) is 19.7. The van der Waals surface area contributed by atoms with Crippen LogP contribution in [0.15, 0.2) is 59.1 Å². The smallest absolute Gasteiger partial charge is 0.230 e. The standard InChI is InChI=1S/C27H29F2N3O3/c1-2-21(18-6-4-3-5-7-18)27(34)32-14-12-20(13-15-32)31-25(33)10-11-26-30-17-24(35-26)22-9-8-19(28)16-23(22)29/h3-9,16-17,20-21H,2,10-15H2,1H3,(H,31,33). The summed E-state index contributed by atoms with van der Waals surface area (Å²) in [6.45, 7) is 3.24. The highest BCUT2D eigenvalue weighted by atomic mass is 19.1. The molecule has 1 unspecified atom stereocenters. The number of rotatable bonds is 8. The number of amides is 2. The summed E-state index contributed by atoms with van der Waals surface area (Å²) in [7, 11) is 0. The van der Waals surface area contributed by atoms with Gasteiger partial charge in [0.1, 0.15) is 11.6 Å². The van der Waals surface area contributed by atoms with Crippen LogP contribution in [0.3, 0.4) is 0 Å². The number of aryl methyl sites for hydroxylation is 1. The van der Waals surface area contributed by atoms with Gasteiger partial charge in [0, 0.05) is 38.0 Å². The second kappa shape index (κ2) is 11.3. The highest BCUT2D eigenvalue weighted by Crippen LogP contribution is 2.25. The van der Waals surface area contributed by atoms with Crippen molar-refractivity contribution in [2.24, 2.45) is 0 Å². The lowest BCUT2D eigenvalue weighted by Crippen LogP contribution is -2.47. The summed E-state index contributed by atoms with van der Waals surface area (Å²) in [4.78, 5) is 31.5. The Morgan fingerprint density at radius 1 is 1.14 bits per heavy atom. The molecule has 35 heavy (non-hydrogen) atoms. The first-order valence-corrected chi connectivity index (χ1v) is 12.0. The molecule has 1 fully saturated rings. The quantitative estimate of drug-likeness (QED) is 0.499. The van der Waals surface area contributed by atoms with Gasteiger partial charge in [0.2, 0.25) is 11.8 Å². The molecule has 0 aliphatic carbocycles. The first kappa shape index (κ1) is 24.6. The Morgan fingerprint density at radius 3 is 2.57 bits per heavy atom. The van der Waals surface area contributed by atoms with Crippen molar-refractivity contribution in [3.63, 3.8) is 0 Å². The molecule has 0 radical (unpaired) electrons. The van der Waals surface area contributed by atoms with E-state index in [9.17, 15) is 18.4 Å². The third kappa shape index (κ3) is 6.12. The minimum absolute atomic E-state index is 0.0109. The number of benzene rings is 2. The molecular weight excluding hydrogens is 452 g/mol. The van der Waals surface area contributed by atoms with Crippen LogP contribution in [-0.2, 0) is 16.0 Å². The van der Waals surface area contributed by atoms with Crippen molar-refractivity contribution in [3.05, 3.63) is 77.8 Å².